The molecule has 0 saturated heterocycles. The molecule has 1 aromatic rings. The molecule has 1 aromatic carbocycles. The van der Waals surface area contributed by atoms with Gasteiger partial charge in [0.05, 0.1) is 12.1 Å². The maximum absolute atomic E-state index is 9.48. The summed E-state index contributed by atoms with van der Waals surface area (Å²) in [7, 11) is 0. The van der Waals surface area contributed by atoms with Crippen LogP contribution < -0.4 is 5.73 Å². The van der Waals surface area contributed by atoms with Crippen LogP contribution >= 0.6 is 11.6 Å². The molecule has 0 aliphatic carbocycles. The molecule has 0 saturated carbocycles. The fourth-order valence-corrected chi connectivity index (χ4v) is 1.24. The molecule has 4 N–H and O–H groups in total. The minimum atomic E-state index is -0.936. The van der Waals surface area contributed by atoms with Gasteiger partial charge in [0.15, 0.2) is 0 Å². The maximum Gasteiger partial charge on any atom is 0.122 e. The minimum absolute atomic E-state index is 0.00606. The molecule has 0 bridgehead atoms. The van der Waals surface area contributed by atoms with E-state index in [4.69, 9.17) is 22.4 Å². The fourth-order valence-electron chi connectivity index (χ4n) is 1.07. The van der Waals surface area contributed by atoms with Crippen LogP contribution in [-0.2, 0) is 5.54 Å². The van der Waals surface area contributed by atoms with Gasteiger partial charge in [-0.2, -0.15) is 0 Å². The summed E-state index contributed by atoms with van der Waals surface area (Å²) in [5.74, 6) is 0.00606. The highest BCUT2D eigenvalue weighted by Gasteiger charge is 2.23. The predicted molar refractivity (Wildman–Crippen MR) is 51.7 cm³/mol. The standard InChI is InChI=1S/C9H12ClNO2/c1-9(11,5-12)7-3-2-6(10)4-8(7)13/h2-4,12-13H,5,11H2,1H3. The summed E-state index contributed by atoms with van der Waals surface area (Å²) in [6.45, 7) is 1.40. The van der Waals surface area contributed by atoms with Crippen molar-refractivity contribution in [3.8, 4) is 5.75 Å². The van der Waals surface area contributed by atoms with E-state index in [0.29, 0.717) is 10.6 Å². The van der Waals surface area contributed by atoms with Crippen molar-refractivity contribution in [3.05, 3.63) is 28.8 Å². The molecule has 13 heavy (non-hydrogen) atoms. The largest absolute Gasteiger partial charge is 0.508 e. The van der Waals surface area contributed by atoms with Gasteiger partial charge < -0.3 is 15.9 Å². The Hall–Kier alpha value is -0.770. The second-order valence-electron chi connectivity index (χ2n) is 3.24. The summed E-state index contributed by atoms with van der Waals surface area (Å²) in [6.07, 6.45) is 0. The predicted octanol–water partition coefficient (Wildman–Crippen LogP) is 1.21. The third-order valence-corrected chi connectivity index (χ3v) is 2.14. The molecule has 1 rings (SSSR count). The third kappa shape index (κ3) is 2.12. The van der Waals surface area contributed by atoms with Crippen molar-refractivity contribution in [2.45, 2.75) is 12.5 Å². The summed E-state index contributed by atoms with van der Waals surface area (Å²) in [5.41, 5.74) is 5.28. The first-order valence-electron chi connectivity index (χ1n) is 3.86. The average molecular weight is 202 g/mol. The first-order chi connectivity index (χ1) is 5.97. The quantitative estimate of drug-likeness (QED) is 0.674. The molecule has 1 unspecified atom stereocenters. The lowest BCUT2D eigenvalue weighted by Crippen LogP contribution is -2.36. The highest BCUT2D eigenvalue weighted by Crippen LogP contribution is 2.29. The number of phenols is 1. The summed E-state index contributed by atoms with van der Waals surface area (Å²) in [5, 5.41) is 18.9. The van der Waals surface area contributed by atoms with Crippen molar-refractivity contribution in [1.29, 1.82) is 0 Å². The Kier molecular flexibility index (Phi) is 2.81. The van der Waals surface area contributed by atoms with Crippen LogP contribution in [-0.4, -0.2) is 16.8 Å². The molecule has 0 heterocycles. The second-order valence-corrected chi connectivity index (χ2v) is 3.67. The van der Waals surface area contributed by atoms with Crippen molar-refractivity contribution in [3.63, 3.8) is 0 Å². The van der Waals surface area contributed by atoms with E-state index in [1.54, 1.807) is 19.1 Å². The van der Waals surface area contributed by atoms with Gasteiger partial charge >= 0.3 is 0 Å². The zero-order valence-electron chi connectivity index (χ0n) is 7.29. The van der Waals surface area contributed by atoms with E-state index < -0.39 is 5.54 Å². The fraction of sp³-hybridized carbons (Fsp3) is 0.333. The first kappa shape index (κ1) is 10.3. The minimum Gasteiger partial charge on any atom is -0.508 e. The Bertz CT molecular complexity index is 312. The summed E-state index contributed by atoms with van der Waals surface area (Å²) < 4.78 is 0. The van der Waals surface area contributed by atoms with Crippen molar-refractivity contribution in [1.82, 2.24) is 0 Å². The number of hydrogen-bond acceptors (Lipinski definition) is 3. The number of halogens is 1. The van der Waals surface area contributed by atoms with Crippen LogP contribution in [0.15, 0.2) is 18.2 Å². The highest BCUT2D eigenvalue weighted by molar-refractivity contribution is 6.30. The first-order valence-corrected chi connectivity index (χ1v) is 4.24. The maximum atomic E-state index is 9.48. The van der Waals surface area contributed by atoms with Crippen molar-refractivity contribution in [2.24, 2.45) is 5.73 Å². The van der Waals surface area contributed by atoms with E-state index in [0.717, 1.165) is 0 Å². The lowest BCUT2D eigenvalue weighted by Gasteiger charge is -2.23. The number of phenolic OH excluding ortho intramolecular Hbond substituents is 1. The Labute approximate surface area is 81.8 Å². The van der Waals surface area contributed by atoms with Crippen LogP contribution in [0.3, 0.4) is 0 Å². The summed E-state index contributed by atoms with van der Waals surface area (Å²) in [6, 6.07) is 4.63. The number of aliphatic hydroxyl groups excluding tert-OH is 1. The van der Waals surface area contributed by atoms with Gasteiger partial charge in [-0.1, -0.05) is 17.7 Å². The number of aromatic hydroxyl groups is 1. The number of aliphatic hydroxyl groups is 1. The molecule has 0 radical (unpaired) electrons. The van der Waals surface area contributed by atoms with Gasteiger partial charge in [0, 0.05) is 10.6 Å². The van der Waals surface area contributed by atoms with Gasteiger partial charge in [-0.15, -0.1) is 0 Å². The van der Waals surface area contributed by atoms with E-state index in [1.165, 1.54) is 6.07 Å². The van der Waals surface area contributed by atoms with Crippen LogP contribution in [0.2, 0.25) is 5.02 Å². The smallest absolute Gasteiger partial charge is 0.122 e. The molecule has 3 nitrogen and oxygen atoms in total. The second kappa shape index (κ2) is 3.54. The van der Waals surface area contributed by atoms with E-state index in [2.05, 4.69) is 0 Å². The van der Waals surface area contributed by atoms with Crippen LogP contribution in [0.5, 0.6) is 5.75 Å². The molecule has 0 amide bonds. The third-order valence-electron chi connectivity index (χ3n) is 1.90. The molecule has 72 valence electrons. The zero-order valence-corrected chi connectivity index (χ0v) is 8.04. The van der Waals surface area contributed by atoms with Crippen LogP contribution in [0.25, 0.3) is 0 Å². The zero-order chi connectivity index (χ0) is 10.1. The van der Waals surface area contributed by atoms with Crippen LogP contribution in [0.1, 0.15) is 12.5 Å². The van der Waals surface area contributed by atoms with Gasteiger partial charge in [0.1, 0.15) is 5.75 Å². The van der Waals surface area contributed by atoms with Gasteiger partial charge in [0.2, 0.25) is 0 Å². The number of nitrogens with two attached hydrogens (primary N) is 1. The Balaban J connectivity index is 3.16. The van der Waals surface area contributed by atoms with E-state index >= 15 is 0 Å². The average Bonchev–Trinajstić information content (AvgIpc) is 2.03. The van der Waals surface area contributed by atoms with Crippen molar-refractivity contribution < 1.29 is 10.2 Å². The molecule has 0 spiro atoms. The van der Waals surface area contributed by atoms with Gasteiger partial charge in [-0.25, -0.2) is 0 Å². The highest BCUT2D eigenvalue weighted by atomic mass is 35.5. The van der Waals surface area contributed by atoms with E-state index in [-0.39, 0.29) is 12.4 Å². The van der Waals surface area contributed by atoms with Gasteiger partial charge in [-0.05, 0) is 19.1 Å². The van der Waals surface area contributed by atoms with Crippen LogP contribution in [0, 0.1) is 0 Å². The van der Waals surface area contributed by atoms with Crippen molar-refractivity contribution in [2.75, 3.05) is 6.61 Å². The molecule has 0 fully saturated rings. The number of benzene rings is 1. The lowest BCUT2D eigenvalue weighted by molar-refractivity contribution is 0.207. The topological polar surface area (TPSA) is 66.5 Å². The Morgan fingerprint density at radius 1 is 1.54 bits per heavy atom. The Morgan fingerprint density at radius 2 is 2.15 bits per heavy atom. The number of rotatable bonds is 2. The molecule has 0 aliphatic heterocycles. The van der Waals surface area contributed by atoms with Crippen LogP contribution in [0.4, 0.5) is 0 Å². The molecular weight excluding hydrogens is 190 g/mol. The number of hydrogen-bond donors (Lipinski definition) is 3. The molecule has 1 atom stereocenters. The monoisotopic (exact) mass is 201 g/mol. The lowest BCUT2D eigenvalue weighted by atomic mass is 9.93. The SMILES string of the molecule is CC(N)(CO)c1ccc(Cl)cc1O. The summed E-state index contributed by atoms with van der Waals surface area (Å²) in [4.78, 5) is 0. The normalized spacial score (nSPS) is 15.4. The molecular formula is C9H12ClNO2. The molecule has 4 heteroatoms. The molecule has 0 aromatic heterocycles. The van der Waals surface area contributed by atoms with Crippen molar-refractivity contribution >= 4 is 11.6 Å². The molecule has 0 aliphatic rings. The summed E-state index contributed by atoms with van der Waals surface area (Å²) >= 11 is 5.65. The van der Waals surface area contributed by atoms with E-state index in [9.17, 15) is 5.11 Å². The Morgan fingerprint density at radius 3 is 2.62 bits per heavy atom. The van der Waals surface area contributed by atoms with Gasteiger partial charge in [-0.3, -0.25) is 0 Å². The van der Waals surface area contributed by atoms with E-state index in [1.807, 2.05) is 0 Å². The van der Waals surface area contributed by atoms with Gasteiger partial charge in [0.25, 0.3) is 0 Å².